The lowest BCUT2D eigenvalue weighted by molar-refractivity contribution is -0.139. The minimum atomic E-state index is -0.737. The molecule has 0 aromatic rings. The van der Waals surface area contributed by atoms with Gasteiger partial charge in [0.2, 0.25) is 0 Å². The Bertz CT molecular complexity index is 208. The van der Waals surface area contributed by atoms with E-state index in [9.17, 15) is 4.79 Å². The summed E-state index contributed by atoms with van der Waals surface area (Å²) in [5, 5.41) is 12.2. The lowest BCUT2D eigenvalue weighted by Gasteiger charge is -2.24. The number of hydrogen-bond donors (Lipinski definition) is 2. The summed E-state index contributed by atoms with van der Waals surface area (Å²) in [5.74, 6) is -0.110. The van der Waals surface area contributed by atoms with Crippen LogP contribution in [0.4, 0.5) is 0 Å². The van der Waals surface area contributed by atoms with Crippen molar-refractivity contribution in [3.8, 4) is 0 Å². The summed E-state index contributed by atoms with van der Waals surface area (Å²) < 4.78 is 0. The average molecular weight is 244 g/mol. The quantitative estimate of drug-likeness (QED) is 0.615. The molecule has 0 spiro atoms. The van der Waals surface area contributed by atoms with Crippen LogP contribution in [-0.2, 0) is 4.79 Å². The van der Waals surface area contributed by atoms with Crippen LogP contribution < -0.4 is 5.32 Å². The molecule has 0 saturated heterocycles. The van der Waals surface area contributed by atoms with E-state index in [4.69, 9.17) is 5.11 Å². The van der Waals surface area contributed by atoms with Gasteiger partial charge in [0.15, 0.2) is 0 Å². The smallest absolute Gasteiger partial charge is 0.320 e. The first-order valence-corrected chi connectivity index (χ1v) is 6.69. The second kappa shape index (κ2) is 9.42. The third kappa shape index (κ3) is 8.16. The van der Waals surface area contributed by atoms with E-state index in [1.54, 1.807) is 0 Å². The Hall–Kier alpha value is -0.610. The third-order valence-electron chi connectivity index (χ3n) is 2.74. The van der Waals surface area contributed by atoms with Gasteiger partial charge in [0.25, 0.3) is 0 Å². The Morgan fingerprint density at radius 2 is 2.00 bits per heavy atom. The number of rotatable bonds is 10. The van der Waals surface area contributed by atoms with Gasteiger partial charge >= 0.3 is 5.97 Å². The van der Waals surface area contributed by atoms with E-state index >= 15 is 0 Å². The first-order valence-electron chi connectivity index (χ1n) is 6.69. The largest absolute Gasteiger partial charge is 0.480 e. The molecule has 0 bridgehead atoms. The van der Waals surface area contributed by atoms with Crippen molar-refractivity contribution in [3.05, 3.63) is 0 Å². The summed E-state index contributed by atoms with van der Waals surface area (Å²) in [6.45, 7) is 12.2. The molecule has 0 aliphatic heterocycles. The van der Waals surface area contributed by atoms with E-state index in [0.29, 0.717) is 12.3 Å². The fourth-order valence-corrected chi connectivity index (χ4v) is 1.84. The number of carbonyl (C=O) groups is 1. The van der Waals surface area contributed by atoms with Crippen LogP contribution in [-0.4, -0.2) is 48.2 Å². The Balaban J connectivity index is 4.03. The fraction of sp³-hybridized carbons (Fsp3) is 0.923. The predicted molar refractivity (Wildman–Crippen MR) is 71.3 cm³/mol. The van der Waals surface area contributed by atoms with Crippen LogP contribution in [0.3, 0.4) is 0 Å². The maximum Gasteiger partial charge on any atom is 0.320 e. The summed E-state index contributed by atoms with van der Waals surface area (Å²) in [5.41, 5.74) is 0. The molecule has 1 atom stereocenters. The van der Waals surface area contributed by atoms with E-state index in [1.807, 2.05) is 6.92 Å². The first kappa shape index (κ1) is 16.4. The van der Waals surface area contributed by atoms with Crippen molar-refractivity contribution in [2.45, 2.75) is 46.6 Å². The van der Waals surface area contributed by atoms with Gasteiger partial charge < -0.3 is 15.3 Å². The van der Waals surface area contributed by atoms with Crippen LogP contribution in [0.1, 0.15) is 40.5 Å². The van der Waals surface area contributed by atoms with E-state index < -0.39 is 12.0 Å². The molecule has 1 unspecified atom stereocenters. The van der Waals surface area contributed by atoms with Crippen molar-refractivity contribution in [1.82, 2.24) is 10.2 Å². The molecule has 4 heteroatoms. The zero-order valence-electron chi connectivity index (χ0n) is 11.7. The lowest BCUT2D eigenvalue weighted by atomic mass is 10.1. The second-order valence-electron chi connectivity index (χ2n) is 4.92. The van der Waals surface area contributed by atoms with Gasteiger partial charge in [-0.3, -0.25) is 4.79 Å². The van der Waals surface area contributed by atoms with Crippen molar-refractivity contribution in [2.75, 3.05) is 26.2 Å². The van der Waals surface area contributed by atoms with Crippen LogP contribution in [0, 0.1) is 5.92 Å². The molecule has 0 amide bonds. The summed E-state index contributed by atoms with van der Waals surface area (Å²) >= 11 is 0. The molecule has 0 rings (SSSR count). The topological polar surface area (TPSA) is 52.6 Å². The highest BCUT2D eigenvalue weighted by atomic mass is 16.4. The normalized spacial score (nSPS) is 13.3. The summed E-state index contributed by atoms with van der Waals surface area (Å²) in [4.78, 5) is 13.4. The van der Waals surface area contributed by atoms with Crippen LogP contribution in [0.2, 0.25) is 0 Å². The minimum absolute atomic E-state index is 0.406. The molecule has 0 saturated carbocycles. The number of nitrogens with zero attached hydrogens (tertiary/aromatic N) is 1. The van der Waals surface area contributed by atoms with Crippen LogP contribution in [0.25, 0.3) is 0 Å². The van der Waals surface area contributed by atoms with Gasteiger partial charge in [-0.1, -0.05) is 27.7 Å². The number of nitrogens with one attached hydrogen (secondary N) is 1. The van der Waals surface area contributed by atoms with Gasteiger partial charge in [-0.15, -0.1) is 0 Å². The highest BCUT2D eigenvalue weighted by Crippen LogP contribution is 2.02. The second-order valence-corrected chi connectivity index (χ2v) is 4.92. The SMILES string of the molecule is CCCNC(CCN(CC)CC(C)C)C(=O)O. The Morgan fingerprint density at radius 1 is 1.35 bits per heavy atom. The fourth-order valence-electron chi connectivity index (χ4n) is 1.84. The van der Waals surface area contributed by atoms with Gasteiger partial charge in [0.05, 0.1) is 0 Å². The molecule has 0 fully saturated rings. The zero-order valence-corrected chi connectivity index (χ0v) is 11.7. The number of hydrogen-bond acceptors (Lipinski definition) is 3. The van der Waals surface area contributed by atoms with Gasteiger partial charge in [-0.2, -0.15) is 0 Å². The maximum atomic E-state index is 11.0. The van der Waals surface area contributed by atoms with Crippen LogP contribution in [0.5, 0.6) is 0 Å². The molecule has 0 aliphatic carbocycles. The highest BCUT2D eigenvalue weighted by Gasteiger charge is 2.17. The molecule has 0 radical (unpaired) electrons. The summed E-state index contributed by atoms with van der Waals surface area (Å²) in [7, 11) is 0. The van der Waals surface area contributed by atoms with Crippen molar-refractivity contribution >= 4 is 5.97 Å². The summed E-state index contributed by atoms with van der Waals surface area (Å²) in [6.07, 6.45) is 1.64. The summed E-state index contributed by atoms with van der Waals surface area (Å²) in [6, 6.07) is -0.406. The maximum absolute atomic E-state index is 11.0. The van der Waals surface area contributed by atoms with Gasteiger partial charge in [0, 0.05) is 13.1 Å². The molecule has 4 nitrogen and oxygen atoms in total. The molecule has 102 valence electrons. The number of carboxylic acids is 1. The highest BCUT2D eigenvalue weighted by molar-refractivity contribution is 5.73. The molecular weight excluding hydrogens is 216 g/mol. The number of carboxylic acid groups (broad SMARTS) is 1. The van der Waals surface area contributed by atoms with E-state index in [2.05, 4.69) is 31.0 Å². The Morgan fingerprint density at radius 3 is 2.41 bits per heavy atom. The molecule has 0 heterocycles. The van der Waals surface area contributed by atoms with E-state index in [1.165, 1.54) is 0 Å². The van der Waals surface area contributed by atoms with Crippen molar-refractivity contribution < 1.29 is 9.90 Å². The van der Waals surface area contributed by atoms with Crippen molar-refractivity contribution in [3.63, 3.8) is 0 Å². The average Bonchev–Trinajstić information content (AvgIpc) is 2.26. The molecule has 2 N–H and O–H groups in total. The lowest BCUT2D eigenvalue weighted by Crippen LogP contribution is -2.40. The van der Waals surface area contributed by atoms with Gasteiger partial charge in [-0.25, -0.2) is 0 Å². The van der Waals surface area contributed by atoms with Crippen LogP contribution >= 0.6 is 0 Å². The predicted octanol–water partition coefficient (Wildman–Crippen LogP) is 1.81. The van der Waals surface area contributed by atoms with Gasteiger partial charge in [-0.05, 0) is 31.8 Å². The van der Waals surface area contributed by atoms with Crippen LogP contribution in [0.15, 0.2) is 0 Å². The first-order chi connectivity index (χ1) is 8.01. The molecule has 0 aromatic heterocycles. The number of aliphatic carboxylic acids is 1. The molecule has 0 aromatic carbocycles. The molecular formula is C13H28N2O2. The van der Waals surface area contributed by atoms with E-state index in [-0.39, 0.29) is 0 Å². The van der Waals surface area contributed by atoms with Gasteiger partial charge in [0.1, 0.15) is 6.04 Å². The van der Waals surface area contributed by atoms with E-state index in [0.717, 1.165) is 32.6 Å². The minimum Gasteiger partial charge on any atom is -0.480 e. The van der Waals surface area contributed by atoms with Crippen molar-refractivity contribution in [1.29, 1.82) is 0 Å². The molecule has 0 aliphatic rings. The Kier molecular flexibility index (Phi) is 9.09. The Labute approximate surface area is 105 Å². The van der Waals surface area contributed by atoms with Crippen molar-refractivity contribution in [2.24, 2.45) is 5.92 Å². The third-order valence-corrected chi connectivity index (χ3v) is 2.74. The molecule has 17 heavy (non-hydrogen) atoms. The monoisotopic (exact) mass is 244 g/mol. The standard InChI is InChI=1S/C13H28N2O2/c1-5-8-14-12(13(16)17)7-9-15(6-2)10-11(3)4/h11-12,14H,5-10H2,1-4H3,(H,16,17). The zero-order chi connectivity index (χ0) is 13.3.